The van der Waals surface area contributed by atoms with Crippen molar-refractivity contribution in [2.75, 3.05) is 17.8 Å². The van der Waals surface area contributed by atoms with Gasteiger partial charge in [-0.15, -0.1) is 0 Å². The van der Waals surface area contributed by atoms with Crippen molar-refractivity contribution in [1.82, 2.24) is 4.90 Å². The number of carbonyl (C=O) groups excluding carboxylic acids is 1. The topological polar surface area (TPSA) is 110 Å². The van der Waals surface area contributed by atoms with Crippen molar-refractivity contribution in [1.29, 1.82) is 0 Å². The van der Waals surface area contributed by atoms with Crippen LogP contribution in [0, 0.1) is 16.0 Å². The highest BCUT2D eigenvalue weighted by Gasteiger charge is 2.22. The van der Waals surface area contributed by atoms with Crippen LogP contribution in [-0.2, 0) is 10.0 Å². The smallest absolute Gasteiger partial charge is 0.269 e. The van der Waals surface area contributed by atoms with Crippen molar-refractivity contribution in [3.05, 3.63) is 64.2 Å². The molecule has 0 bridgehead atoms. The Hall–Kier alpha value is -2.94. The number of rotatable bonds is 5. The first-order valence-electron chi connectivity index (χ1n) is 8.93. The molecule has 0 atom stereocenters. The molecule has 28 heavy (non-hydrogen) atoms. The third-order valence-corrected chi connectivity index (χ3v) is 6.19. The second-order valence-corrected chi connectivity index (χ2v) is 8.59. The number of amides is 1. The second-order valence-electron chi connectivity index (χ2n) is 6.91. The Morgan fingerprint density at radius 1 is 1.14 bits per heavy atom. The number of nitro benzene ring substituents is 1. The first kappa shape index (κ1) is 19.8. The fraction of sp³-hybridized carbons (Fsp3) is 0.316. The number of nitrogens with zero attached hydrogens (tertiary/aromatic N) is 2. The summed E-state index contributed by atoms with van der Waals surface area (Å²) in [5.41, 5.74) is 0.482. The van der Waals surface area contributed by atoms with Crippen molar-refractivity contribution in [3.63, 3.8) is 0 Å². The number of piperidine rings is 1. The Balaban J connectivity index is 1.76. The van der Waals surface area contributed by atoms with E-state index < -0.39 is 14.9 Å². The predicted octanol–water partition coefficient (Wildman–Crippen LogP) is 3.27. The van der Waals surface area contributed by atoms with E-state index in [1.54, 1.807) is 23.1 Å². The average molecular weight is 403 g/mol. The van der Waals surface area contributed by atoms with E-state index in [2.05, 4.69) is 11.6 Å². The molecule has 0 aliphatic carbocycles. The molecule has 0 unspecified atom stereocenters. The first-order valence-corrected chi connectivity index (χ1v) is 10.4. The van der Waals surface area contributed by atoms with E-state index in [0.717, 1.165) is 25.0 Å². The van der Waals surface area contributed by atoms with E-state index in [1.165, 1.54) is 18.2 Å². The highest BCUT2D eigenvalue weighted by atomic mass is 32.2. The molecule has 0 saturated carbocycles. The lowest BCUT2D eigenvalue weighted by Crippen LogP contribution is -2.37. The summed E-state index contributed by atoms with van der Waals surface area (Å²) in [6, 6.07) is 10.9. The molecule has 3 rings (SSSR count). The zero-order valence-corrected chi connectivity index (χ0v) is 16.2. The molecule has 1 aliphatic heterocycles. The molecule has 2 aromatic carbocycles. The van der Waals surface area contributed by atoms with Crippen LogP contribution in [0.5, 0.6) is 0 Å². The fourth-order valence-electron chi connectivity index (χ4n) is 3.07. The molecule has 0 spiro atoms. The van der Waals surface area contributed by atoms with Crippen LogP contribution in [0.4, 0.5) is 11.4 Å². The quantitative estimate of drug-likeness (QED) is 0.609. The highest BCUT2D eigenvalue weighted by Crippen LogP contribution is 2.22. The number of carbonyl (C=O) groups is 1. The Labute approximate surface area is 163 Å². The van der Waals surface area contributed by atoms with Crippen LogP contribution >= 0.6 is 0 Å². The molecule has 1 fully saturated rings. The van der Waals surface area contributed by atoms with Crippen molar-refractivity contribution in [3.8, 4) is 0 Å². The molecular formula is C19H21N3O5S. The molecule has 8 nitrogen and oxygen atoms in total. The van der Waals surface area contributed by atoms with Crippen molar-refractivity contribution in [2.45, 2.75) is 24.7 Å². The van der Waals surface area contributed by atoms with Gasteiger partial charge in [-0.25, -0.2) is 8.42 Å². The zero-order valence-electron chi connectivity index (χ0n) is 15.4. The molecule has 2 aromatic rings. The Kier molecular flexibility index (Phi) is 5.64. The van der Waals surface area contributed by atoms with E-state index >= 15 is 0 Å². The summed E-state index contributed by atoms with van der Waals surface area (Å²) in [6.45, 7) is 3.55. The molecule has 1 aliphatic rings. The number of benzene rings is 2. The Bertz CT molecular complexity index is 981. The molecular weight excluding hydrogens is 382 g/mol. The zero-order chi connectivity index (χ0) is 20.3. The SMILES string of the molecule is CC1CCN(C(=O)c2cccc(NS(=O)(=O)c3ccc([N+](=O)[O-])cc3)c2)CC1. The summed E-state index contributed by atoms with van der Waals surface area (Å²) in [7, 11) is -3.93. The van der Waals surface area contributed by atoms with Crippen LogP contribution in [0.15, 0.2) is 53.4 Å². The lowest BCUT2D eigenvalue weighted by atomic mass is 9.98. The van der Waals surface area contributed by atoms with Crippen LogP contribution in [0.2, 0.25) is 0 Å². The van der Waals surface area contributed by atoms with Gasteiger partial charge in [0, 0.05) is 36.5 Å². The van der Waals surface area contributed by atoms with Crippen molar-refractivity contribution >= 4 is 27.3 Å². The van der Waals surface area contributed by atoms with Gasteiger partial charge in [0.2, 0.25) is 0 Å². The minimum Gasteiger partial charge on any atom is -0.339 e. The van der Waals surface area contributed by atoms with Gasteiger partial charge in [0.25, 0.3) is 21.6 Å². The number of likely N-dealkylation sites (tertiary alicyclic amines) is 1. The number of nitro groups is 1. The average Bonchev–Trinajstić information content (AvgIpc) is 2.68. The van der Waals surface area contributed by atoms with Crippen LogP contribution in [0.25, 0.3) is 0 Å². The van der Waals surface area contributed by atoms with Gasteiger partial charge in [0.1, 0.15) is 0 Å². The summed E-state index contributed by atoms with van der Waals surface area (Å²) in [5.74, 6) is 0.479. The Morgan fingerprint density at radius 2 is 1.79 bits per heavy atom. The van der Waals surface area contributed by atoms with E-state index in [1.807, 2.05) is 0 Å². The number of non-ortho nitro benzene ring substituents is 1. The van der Waals surface area contributed by atoms with Gasteiger partial charge in [0.15, 0.2) is 0 Å². The monoisotopic (exact) mass is 403 g/mol. The van der Waals surface area contributed by atoms with Gasteiger partial charge in [-0.2, -0.15) is 0 Å². The third kappa shape index (κ3) is 4.48. The van der Waals surface area contributed by atoms with Crippen molar-refractivity contribution < 1.29 is 18.1 Å². The van der Waals surface area contributed by atoms with Gasteiger partial charge >= 0.3 is 0 Å². The number of nitrogens with one attached hydrogen (secondary N) is 1. The summed E-state index contributed by atoms with van der Waals surface area (Å²) in [4.78, 5) is 24.5. The molecule has 9 heteroatoms. The first-order chi connectivity index (χ1) is 13.3. The van der Waals surface area contributed by atoms with E-state index in [9.17, 15) is 23.3 Å². The maximum atomic E-state index is 12.7. The van der Waals surface area contributed by atoms with Gasteiger partial charge < -0.3 is 4.90 Å². The number of hydrogen-bond donors (Lipinski definition) is 1. The molecule has 148 valence electrons. The number of sulfonamides is 1. The predicted molar refractivity (Wildman–Crippen MR) is 105 cm³/mol. The standard InChI is InChI=1S/C19H21N3O5S/c1-14-9-11-21(12-10-14)19(23)15-3-2-4-16(13-15)20-28(26,27)18-7-5-17(6-8-18)22(24)25/h2-8,13-14,20H,9-12H2,1H3. The fourth-order valence-corrected chi connectivity index (χ4v) is 4.12. The number of anilines is 1. The summed E-state index contributed by atoms with van der Waals surface area (Å²) in [6.07, 6.45) is 1.91. The van der Waals surface area contributed by atoms with E-state index in [-0.39, 0.29) is 22.2 Å². The van der Waals surface area contributed by atoms with Crippen LogP contribution in [0.1, 0.15) is 30.1 Å². The lowest BCUT2D eigenvalue weighted by molar-refractivity contribution is -0.384. The molecule has 0 radical (unpaired) electrons. The summed E-state index contributed by atoms with van der Waals surface area (Å²) >= 11 is 0. The van der Waals surface area contributed by atoms with Crippen LogP contribution in [-0.4, -0.2) is 37.2 Å². The molecule has 1 N–H and O–H groups in total. The minimum atomic E-state index is -3.93. The third-order valence-electron chi connectivity index (χ3n) is 4.79. The molecule has 1 saturated heterocycles. The van der Waals surface area contributed by atoms with Crippen LogP contribution in [0.3, 0.4) is 0 Å². The summed E-state index contributed by atoms with van der Waals surface area (Å²) < 4.78 is 27.5. The molecule has 1 amide bonds. The van der Waals surface area contributed by atoms with Crippen molar-refractivity contribution in [2.24, 2.45) is 5.92 Å². The number of hydrogen-bond acceptors (Lipinski definition) is 5. The van der Waals surface area contributed by atoms with E-state index in [4.69, 9.17) is 0 Å². The lowest BCUT2D eigenvalue weighted by Gasteiger charge is -2.30. The minimum absolute atomic E-state index is 0.0974. The highest BCUT2D eigenvalue weighted by molar-refractivity contribution is 7.92. The van der Waals surface area contributed by atoms with Gasteiger partial charge in [-0.05, 0) is 49.1 Å². The van der Waals surface area contributed by atoms with Gasteiger partial charge in [0.05, 0.1) is 9.82 Å². The van der Waals surface area contributed by atoms with Gasteiger partial charge in [-0.1, -0.05) is 13.0 Å². The maximum absolute atomic E-state index is 12.7. The maximum Gasteiger partial charge on any atom is 0.269 e. The summed E-state index contributed by atoms with van der Waals surface area (Å²) in [5, 5.41) is 10.7. The van der Waals surface area contributed by atoms with Crippen LogP contribution < -0.4 is 4.72 Å². The van der Waals surface area contributed by atoms with E-state index in [0.29, 0.717) is 24.6 Å². The van der Waals surface area contributed by atoms with Gasteiger partial charge in [-0.3, -0.25) is 19.6 Å². The largest absolute Gasteiger partial charge is 0.339 e. The Morgan fingerprint density at radius 3 is 2.39 bits per heavy atom. The second kappa shape index (κ2) is 7.97. The molecule has 1 heterocycles. The molecule has 0 aromatic heterocycles. The normalized spacial score (nSPS) is 15.2.